The van der Waals surface area contributed by atoms with Gasteiger partial charge in [0.1, 0.15) is 9.86 Å². The van der Waals surface area contributed by atoms with Crippen molar-refractivity contribution in [3.8, 4) is 5.75 Å². The van der Waals surface area contributed by atoms with E-state index in [1.54, 1.807) is 7.11 Å². The van der Waals surface area contributed by atoms with E-state index in [1.165, 1.54) is 0 Å². The van der Waals surface area contributed by atoms with E-state index >= 15 is 0 Å². The Morgan fingerprint density at radius 2 is 2.09 bits per heavy atom. The van der Waals surface area contributed by atoms with Crippen molar-refractivity contribution in [1.82, 2.24) is 0 Å². The van der Waals surface area contributed by atoms with Crippen LogP contribution in [0.4, 0.5) is 0 Å². The maximum Gasteiger partial charge on any atom is 0.133 e. The van der Waals surface area contributed by atoms with Crippen LogP contribution in [0.15, 0.2) is 24.3 Å². The van der Waals surface area contributed by atoms with Gasteiger partial charge in [-0.05, 0) is 28.7 Å². The molecule has 1 N–H and O–H groups in total. The van der Waals surface area contributed by atoms with Crippen LogP contribution in [0.5, 0.6) is 5.75 Å². The van der Waals surface area contributed by atoms with Crippen molar-refractivity contribution in [1.29, 1.82) is 0 Å². The number of rotatable bonds is 2. The Hall–Kier alpha value is -0.290. The summed E-state index contributed by atoms with van der Waals surface area (Å²) in [6, 6.07) is 7.42. The van der Waals surface area contributed by atoms with Crippen LogP contribution >= 0.6 is 22.6 Å². The van der Waals surface area contributed by atoms with Gasteiger partial charge in [0.15, 0.2) is 0 Å². The minimum Gasteiger partial charge on any atom is -0.496 e. The highest BCUT2D eigenvalue weighted by molar-refractivity contribution is 14.1. The highest BCUT2D eigenvalue weighted by atomic mass is 127. The Balaban J connectivity index is 3.02. The maximum absolute atomic E-state index is 9.24. The Kier molecular flexibility index (Phi) is 3.14. The highest BCUT2D eigenvalue weighted by Gasteiger charge is 2.07. The average molecular weight is 264 g/mol. The second-order valence-electron chi connectivity index (χ2n) is 2.08. The second kappa shape index (κ2) is 3.92. The van der Waals surface area contributed by atoms with E-state index in [9.17, 15) is 5.11 Å². The topological polar surface area (TPSA) is 29.5 Å². The lowest BCUT2D eigenvalue weighted by Crippen LogP contribution is -1.92. The van der Waals surface area contributed by atoms with Gasteiger partial charge < -0.3 is 9.84 Å². The summed E-state index contributed by atoms with van der Waals surface area (Å²) in [6.07, 6.45) is 0. The third kappa shape index (κ3) is 2.07. The zero-order valence-corrected chi connectivity index (χ0v) is 8.28. The van der Waals surface area contributed by atoms with Crippen molar-refractivity contribution >= 4 is 22.6 Å². The molecule has 1 unspecified atom stereocenters. The quantitative estimate of drug-likeness (QED) is 0.655. The molecular weight excluding hydrogens is 255 g/mol. The van der Waals surface area contributed by atoms with Crippen LogP contribution in [0.3, 0.4) is 0 Å². The lowest BCUT2D eigenvalue weighted by atomic mass is 10.2. The SMILES string of the molecule is COc1ccccc1C(O)I. The number of aliphatic hydroxyl groups is 1. The first-order valence-corrected chi connectivity index (χ1v) is 4.45. The molecule has 1 rings (SSSR count). The van der Waals surface area contributed by atoms with Gasteiger partial charge >= 0.3 is 0 Å². The number of methoxy groups -OCH3 is 1. The number of ether oxygens (including phenoxy) is 1. The van der Waals surface area contributed by atoms with Crippen LogP contribution in [0.1, 0.15) is 9.67 Å². The lowest BCUT2D eigenvalue weighted by Gasteiger charge is -2.08. The first-order chi connectivity index (χ1) is 5.25. The molecule has 0 aliphatic carbocycles. The number of alkyl halides is 1. The van der Waals surface area contributed by atoms with Crippen LogP contribution in [-0.4, -0.2) is 12.2 Å². The summed E-state index contributed by atoms with van der Waals surface area (Å²) < 4.78 is 4.55. The van der Waals surface area contributed by atoms with Crippen LogP contribution in [-0.2, 0) is 0 Å². The fourth-order valence-electron chi connectivity index (χ4n) is 0.863. The van der Waals surface area contributed by atoms with Crippen molar-refractivity contribution in [2.45, 2.75) is 4.11 Å². The van der Waals surface area contributed by atoms with E-state index in [0.717, 1.165) is 11.3 Å². The molecule has 0 fully saturated rings. The summed E-state index contributed by atoms with van der Waals surface area (Å²) >= 11 is 1.93. The van der Waals surface area contributed by atoms with Gasteiger partial charge in [-0.1, -0.05) is 18.2 Å². The van der Waals surface area contributed by atoms with E-state index in [1.807, 2.05) is 46.9 Å². The molecule has 0 saturated heterocycles. The third-order valence-corrected chi connectivity index (χ3v) is 2.07. The summed E-state index contributed by atoms with van der Waals surface area (Å²) in [4.78, 5) is 0. The van der Waals surface area contributed by atoms with Gasteiger partial charge in [0.2, 0.25) is 0 Å². The average Bonchev–Trinajstić information content (AvgIpc) is 2.04. The van der Waals surface area contributed by atoms with Crippen LogP contribution in [0.2, 0.25) is 0 Å². The molecule has 0 amide bonds. The maximum atomic E-state index is 9.24. The van der Waals surface area contributed by atoms with Gasteiger partial charge in [0, 0.05) is 5.56 Å². The zero-order valence-electron chi connectivity index (χ0n) is 6.12. The Morgan fingerprint density at radius 3 is 2.55 bits per heavy atom. The lowest BCUT2D eigenvalue weighted by molar-refractivity contribution is 0.278. The molecule has 0 bridgehead atoms. The number of aliphatic hydroxyl groups excluding tert-OH is 1. The highest BCUT2D eigenvalue weighted by Crippen LogP contribution is 2.28. The number of para-hydroxylation sites is 1. The van der Waals surface area contributed by atoms with Crippen molar-refractivity contribution in [2.24, 2.45) is 0 Å². The van der Waals surface area contributed by atoms with Crippen molar-refractivity contribution in [2.75, 3.05) is 7.11 Å². The molecule has 0 aliphatic heterocycles. The van der Waals surface area contributed by atoms with Gasteiger partial charge in [-0.3, -0.25) is 0 Å². The minimum atomic E-state index is -0.497. The van der Waals surface area contributed by atoms with Crippen molar-refractivity contribution in [3.63, 3.8) is 0 Å². The van der Waals surface area contributed by atoms with Gasteiger partial charge in [-0.25, -0.2) is 0 Å². The standard InChI is InChI=1S/C8H9IO2/c1-11-7-5-3-2-4-6(7)8(9)10/h2-5,8,10H,1H3. The molecule has 60 valence electrons. The molecule has 1 aromatic rings. The molecule has 0 heterocycles. The third-order valence-electron chi connectivity index (χ3n) is 1.40. The molecular formula is C8H9IO2. The summed E-state index contributed by atoms with van der Waals surface area (Å²) in [6.45, 7) is 0. The molecule has 0 aromatic heterocycles. The molecule has 0 saturated carbocycles. The smallest absolute Gasteiger partial charge is 0.133 e. The predicted molar refractivity (Wildman–Crippen MR) is 52.0 cm³/mol. The van der Waals surface area contributed by atoms with Gasteiger partial charge in [0.25, 0.3) is 0 Å². The monoisotopic (exact) mass is 264 g/mol. The molecule has 1 atom stereocenters. The van der Waals surface area contributed by atoms with Gasteiger partial charge in [-0.15, -0.1) is 0 Å². The van der Waals surface area contributed by atoms with E-state index in [-0.39, 0.29) is 0 Å². The Labute approximate surface area is 79.3 Å². The molecule has 0 radical (unpaired) electrons. The van der Waals surface area contributed by atoms with Crippen LogP contribution < -0.4 is 4.74 Å². The van der Waals surface area contributed by atoms with E-state index in [0.29, 0.717) is 0 Å². The zero-order chi connectivity index (χ0) is 8.27. The summed E-state index contributed by atoms with van der Waals surface area (Å²) in [5.41, 5.74) is 0.815. The molecule has 0 aliphatic rings. The summed E-state index contributed by atoms with van der Waals surface area (Å²) in [7, 11) is 1.60. The molecule has 0 spiro atoms. The Morgan fingerprint density at radius 1 is 1.45 bits per heavy atom. The van der Waals surface area contributed by atoms with Gasteiger partial charge in [-0.2, -0.15) is 0 Å². The van der Waals surface area contributed by atoms with Crippen molar-refractivity contribution < 1.29 is 9.84 Å². The molecule has 3 heteroatoms. The van der Waals surface area contributed by atoms with E-state index in [4.69, 9.17) is 4.74 Å². The minimum absolute atomic E-state index is 0.497. The van der Waals surface area contributed by atoms with Crippen LogP contribution in [0.25, 0.3) is 0 Å². The largest absolute Gasteiger partial charge is 0.496 e. The second-order valence-corrected chi connectivity index (χ2v) is 3.26. The normalized spacial score (nSPS) is 12.6. The molecule has 2 nitrogen and oxygen atoms in total. The van der Waals surface area contributed by atoms with E-state index < -0.39 is 4.11 Å². The predicted octanol–water partition coefficient (Wildman–Crippen LogP) is 2.12. The van der Waals surface area contributed by atoms with Gasteiger partial charge in [0.05, 0.1) is 7.11 Å². The van der Waals surface area contributed by atoms with E-state index in [2.05, 4.69) is 0 Å². The molecule has 1 aromatic carbocycles. The van der Waals surface area contributed by atoms with Crippen LogP contribution in [0, 0.1) is 0 Å². The fourth-order valence-corrected chi connectivity index (χ4v) is 1.38. The van der Waals surface area contributed by atoms with Crippen molar-refractivity contribution in [3.05, 3.63) is 29.8 Å². The fraction of sp³-hybridized carbons (Fsp3) is 0.250. The summed E-state index contributed by atoms with van der Waals surface area (Å²) in [5.74, 6) is 0.731. The summed E-state index contributed by atoms with van der Waals surface area (Å²) in [5, 5.41) is 9.24. The Bertz CT molecular complexity index is 235. The number of hydrogen-bond donors (Lipinski definition) is 1. The first-order valence-electron chi connectivity index (χ1n) is 3.20. The number of halogens is 1. The number of hydrogen-bond acceptors (Lipinski definition) is 2. The number of benzene rings is 1. The molecule has 11 heavy (non-hydrogen) atoms. The first kappa shape index (κ1) is 8.80.